The van der Waals surface area contributed by atoms with Crippen LogP contribution >= 0.6 is 0 Å². The Balaban J connectivity index is 2.76. The summed E-state index contributed by atoms with van der Waals surface area (Å²) >= 11 is 0. The van der Waals surface area contributed by atoms with E-state index in [9.17, 15) is 5.11 Å². The molecule has 1 aromatic rings. The molecule has 0 aliphatic carbocycles. The van der Waals surface area contributed by atoms with Crippen LogP contribution in [0, 0.1) is 0 Å². The third kappa shape index (κ3) is 5.57. The first-order valence-corrected chi connectivity index (χ1v) is 6.96. The minimum absolute atomic E-state index is 0.317. The highest BCUT2D eigenvalue weighted by Crippen LogP contribution is 2.18. The molecule has 4 heteroatoms. The Morgan fingerprint density at radius 2 is 2.16 bits per heavy atom. The fourth-order valence-corrected chi connectivity index (χ4v) is 2.05. The van der Waals surface area contributed by atoms with E-state index in [1.165, 1.54) is 5.56 Å². The maximum absolute atomic E-state index is 9.86. The minimum Gasteiger partial charge on any atom is -0.389 e. The van der Waals surface area contributed by atoms with Gasteiger partial charge >= 0.3 is 0 Å². The molecule has 0 saturated carbocycles. The zero-order chi connectivity index (χ0) is 14.5. The van der Waals surface area contributed by atoms with Crippen LogP contribution in [0.5, 0.6) is 0 Å². The lowest BCUT2D eigenvalue weighted by Crippen LogP contribution is -2.36. The Kier molecular flexibility index (Phi) is 5.76. The predicted molar refractivity (Wildman–Crippen MR) is 80.5 cm³/mol. The van der Waals surface area contributed by atoms with Gasteiger partial charge in [-0.1, -0.05) is 6.92 Å². The minimum atomic E-state index is -0.724. The maximum Gasteiger partial charge on any atom is 0.128 e. The van der Waals surface area contributed by atoms with E-state index >= 15 is 0 Å². The molecule has 0 saturated heterocycles. The lowest BCUT2D eigenvalue weighted by atomic mass is 10.1. The van der Waals surface area contributed by atoms with Gasteiger partial charge in [-0.25, -0.2) is 4.98 Å². The summed E-state index contributed by atoms with van der Waals surface area (Å²) in [6.45, 7) is 9.50. The van der Waals surface area contributed by atoms with Crippen molar-refractivity contribution in [3.05, 3.63) is 23.9 Å². The van der Waals surface area contributed by atoms with Crippen LogP contribution in [0.4, 0.5) is 5.82 Å². The van der Waals surface area contributed by atoms with Gasteiger partial charge in [-0.2, -0.15) is 0 Å². The van der Waals surface area contributed by atoms with E-state index in [-0.39, 0.29) is 0 Å². The van der Waals surface area contributed by atoms with Gasteiger partial charge in [-0.3, -0.25) is 0 Å². The fourth-order valence-electron chi connectivity index (χ4n) is 2.05. The molecule has 108 valence electrons. The van der Waals surface area contributed by atoms with Gasteiger partial charge < -0.3 is 15.3 Å². The van der Waals surface area contributed by atoms with Crippen LogP contribution < -0.4 is 10.2 Å². The lowest BCUT2D eigenvalue weighted by Gasteiger charge is -2.27. The molecular formula is C15H27N3O. The molecule has 0 fully saturated rings. The van der Waals surface area contributed by atoms with Gasteiger partial charge in [0, 0.05) is 25.8 Å². The number of hydrogen-bond acceptors (Lipinski definition) is 4. The fraction of sp³-hybridized carbons (Fsp3) is 0.667. The topological polar surface area (TPSA) is 48.4 Å². The van der Waals surface area contributed by atoms with Crippen LogP contribution in [0.25, 0.3) is 0 Å². The van der Waals surface area contributed by atoms with E-state index in [0.717, 1.165) is 18.8 Å². The largest absolute Gasteiger partial charge is 0.389 e. The van der Waals surface area contributed by atoms with E-state index in [1.54, 1.807) is 13.8 Å². The van der Waals surface area contributed by atoms with Gasteiger partial charge in [0.25, 0.3) is 0 Å². The van der Waals surface area contributed by atoms with E-state index in [1.807, 2.05) is 24.2 Å². The maximum atomic E-state index is 9.86. The summed E-state index contributed by atoms with van der Waals surface area (Å²) in [7, 11) is 1.95. The zero-order valence-corrected chi connectivity index (χ0v) is 12.8. The van der Waals surface area contributed by atoms with Crippen LogP contribution in [0.3, 0.4) is 0 Å². The Morgan fingerprint density at radius 3 is 2.74 bits per heavy atom. The van der Waals surface area contributed by atoms with Crippen LogP contribution in [0.2, 0.25) is 0 Å². The number of hydrogen-bond donors (Lipinski definition) is 2. The first kappa shape index (κ1) is 15.9. The second kappa shape index (κ2) is 6.87. The monoisotopic (exact) mass is 265 g/mol. The van der Waals surface area contributed by atoms with E-state index < -0.39 is 5.60 Å². The van der Waals surface area contributed by atoms with Crippen molar-refractivity contribution in [2.75, 3.05) is 25.0 Å². The van der Waals surface area contributed by atoms with Crippen molar-refractivity contribution in [1.29, 1.82) is 0 Å². The summed E-state index contributed by atoms with van der Waals surface area (Å²) in [6, 6.07) is 4.44. The molecule has 0 aliphatic rings. The molecule has 2 N–H and O–H groups in total. The first-order valence-electron chi connectivity index (χ1n) is 6.96. The van der Waals surface area contributed by atoms with Gasteiger partial charge in [0.15, 0.2) is 0 Å². The number of nitrogens with one attached hydrogen (secondary N) is 1. The molecule has 1 heterocycles. The summed E-state index contributed by atoms with van der Waals surface area (Å²) < 4.78 is 0. The number of rotatable bonds is 7. The van der Waals surface area contributed by atoms with Gasteiger partial charge in [0.2, 0.25) is 0 Å². The van der Waals surface area contributed by atoms with E-state index in [4.69, 9.17) is 0 Å². The first-order chi connectivity index (χ1) is 8.83. The zero-order valence-electron chi connectivity index (χ0n) is 12.8. The number of aliphatic hydroxyl groups is 1. The average Bonchev–Trinajstić information content (AvgIpc) is 2.34. The molecule has 0 aromatic carbocycles. The number of pyridine rings is 1. The number of nitrogens with zero attached hydrogens (tertiary/aromatic N) is 2. The van der Waals surface area contributed by atoms with Crippen molar-refractivity contribution >= 4 is 5.82 Å². The SMILES string of the molecule is CCCNC(C)c1ccnc(N(C)CC(C)(C)O)c1. The van der Waals surface area contributed by atoms with Crippen molar-refractivity contribution < 1.29 is 5.11 Å². The van der Waals surface area contributed by atoms with Crippen LogP contribution in [-0.4, -0.2) is 35.8 Å². The van der Waals surface area contributed by atoms with Crippen molar-refractivity contribution in [3.8, 4) is 0 Å². The molecule has 4 nitrogen and oxygen atoms in total. The summed E-state index contributed by atoms with van der Waals surface area (Å²) in [5, 5.41) is 13.3. The number of likely N-dealkylation sites (N-methyl/N-ethyl adjacent to an activating group) is 1. The predicted octanol–water partition coefficient (Wildman–Crippen LogP) is 2.35. The van der Waals surface area contributed by atoms with Crippen molar-refractivity contribution in [2.24, 2.45) is 0 Å². The van der Waals surface area contributed by atoms with Gasteiger partial charge in [0.05, 0.1) is 5.60 Å². The molecule has 0 aliphatic heterocycles. The molecule has 1 rings (SSSR count). The quantitative estimate of drug-likeness (QED) is 0.794. The molecule has 19 heavy (non-hydrogen) atoms. The Morgan fingerprint density at radius 1 is 1.47 bits per heavy atom. The van der Waals surface area contributed by atoms with Crippen molar-refractivity contribution in [2.45, 2.75) is 45.8 Å². The van der Waals surface area contributed by atoms with E-state index in [0.29, 0.717) is 12.6 Å². The van der Waals surface area contributed by atoms with E-state index in [2.05, 4.69) is 30.2 Å². The molecule has 1 atom stereocenters. The Labute approximate surface area is 116 Å². The lowest BCUT2D eigenvalue weighted by molar-refractivity contribution is 0.0884. The highest BCUT2D eigenvalue weighted by molar-refractivity contribution is 5.41. The van der Waals surface area contributed by atoms with Crippen molar-refractivity contribution in [1.82, 2.24) is 10.3 Å². The summed E-state index contributed by atoms with van der Waals surface area (Å²) in [5.41, 5.74) is 0.499. The molecule has 0 bridgehead atoms. The highest BCUT2D eigenvalue weighted by atomic mass is 16.3. The molecule has 0 amide bonds. The third-order valence-electron chi connectivity index (χ3n) is 2.99. The molecular weight excluding hydrogens is 238 g/mol. The standard InChI is InChI=1S/C15H27N3O/c1-6-8-16-12(2)13-7-9-17-14(10-13)18(5)11-15(3,4)19/h7,9-10,12,16,19H,6,8,11H2,1-5H3. The number of aromatic nitrogens is 1. The summed E-state index contributed by atoms with van der Waals surface area (Å²) in [5.74, 6) is 0.893. The van der Waals surface area contributed by atoms with Gasteiger partial charge in [-0.15, -0.1) is 0 Å². The molecule has 0 radical (unpaired) electrons. The Hall–Kier alpha value is -1.13. The van der Waals surface area contributed by atoms with Crippen LogP contribution in [-0.2, 0) is 0 Å². The molecule has 1 aromatic heterocycles. The highest BCUT2D eigenvalue weighted by Gasteiger charge is 2.17. The smallest absolute Gasteiger partial charge is 0.128 e. The average molecular weight is 265 g/mol. The van der Waals surface area contributed by atoms with Crippen LogP contribution in [0.1, 0.15) is 45.7 Å². The summed E-state index contributed by atoms with van der Waals surface area (Å²) in [4.78, 5) is 6.36. The van der Waals surface area contributed by atoms with Crippen molar-refractivity contribution in [3.63, 3.8) is 0 Å². The van der Waals surface area contributed by atoms with Gasteiger partial charge in [-0.05, 0) is 51.4 Å². The third-order valence-corrected chi connectivity index (χ3v) is 2.99. The van der Waals surface area contributed by atoms with Crippen LogP contribution in [0.15, 0.2) is 18.3 Å². The van der Waals surface area contributed by atoms with Gasteiger partial charge in [0.1, 0.15) is 5.82 Å². The number of anilines is 1. The summed E-state index contributed by atoms with van der Waals surface area (Å²) in [6.07, 6.45) is 2.95. The normalized spacial score (nSPS) is 13.4. The molecule has 1 unspecified atom stereocenters. The second-order valence-electron chi connectivity index (χ2n) is 5.79. The second-order valence-corrected chi connectivity index (χ2v) is 5.79. The molecule has 0 spiro atoms. The Bertz CT molecular complexity index is 387.